The van der Waals surface area contributed by atoms with Gasteiger partial charge in [-0.2, -0.15) is 0 Å². The van der Waals surface area contributed by atoms with Crippen LogP contribution in [0.1, 0.15) is 36.9 Å². The average molecular weight is 367 g/mol. The van der Waals surface area contributed by atoms with E-state index in [1.165, 1.54) is 18.5 Å². The zero-order valence-electron chi connectivity index (χ0n) is 15.4. The lowest BCUT2D eigenvalue weighted by molar-refractivity contribution is -0.121. The smallest absolute Gasteiger partial charge is 0.261 e. The Morgan fingerprint density at radius 3 is 2.70 bits per heavy atom. The molecule has 3 aromatic rings. The second kappa shape index (κ2) is 8.12. The van der Waals surface area contributed by atoms with Crippen LogP contribution in [0.3, 0.4) is 0 Å². The molecule has 0 saturated heterocycles. The number of fused-ring (bicyclic) bond motifs is 1. The summed E-state index contributed by atoms with van der Waals surface area (Å²) in [6.07, 6.45) is 2.36. The van der Waals surface area contributed by atoms with Crippen molar-refractivity contribution in [3.8, 4) is 0 Å². The van der Waals surface area contributed by atoms with Gasteiger partial charge in [0.2, 0.25) is 5.91 Å². The summed E-state index contributed by atoms with van der Waals surface area (Å²) in [6, 6.07) is 11.4. The topological polar surface area (TPSA) is 64.0 Å². The molecule has 0 aliphatic rings. The highest BCUT2D eigenvalue weighted by molar-refractivity contribution is 5.80. The molecule has 1 aromatic heterocycles. The van der Waals surface area contributed by atoms with Gasteiger partial charge in [0.25, 0.3) is 5.56 Å². The molecule has 140 valence electrons. The van der Waals surface area contributed by atoms with Gasteiger partial charge in [0.15, 0.2) is 0 Å². The fraction of sp³-hybridized carbons (Fsp3) is 0.286. The van der Waals surface area contributed by atoms with Crippen molar-refractivity contribution in [2.75, 3.05) is 0 Å². The third-order valence-electron chi connectivity index (χ3n) is 4.61. The molecule has 27 heavy (non-hydrogen) atoms. The third-order valence-corrected chi connectivity index (χ3v) is 4.61. The number of hydrogen-bond acceptors (Lipinski definition) is 3. The Labute approximate surface area is 156 Å². The molecule has 0 aliphatic heterocycles. The molecule has 2 aromatic carbocycles. The first kappa shape index (κ1) is 18.8. The van der Waals surface area contributed by atoms with E-state index < -0.39 is 0 Å². The Bertz CT molecular complexity index is 1010. The fourth-order valence-electron chi connectivity index (χ4n) is 3.06. The molecule has 0 spiro atoms. The molecule has 6 heteroatoms. The predicted molar refractivity (Wildman–Crippen MR) is 103 cm³/mol. The maximum absolute atomic E-state index is 13.0. The number of para-hydroxylation sites is 1. The molecule has 0 unspecified atom stereocenters. The van der Waals surface area contributed by atoms with Gasteiger partial charge in [-0.1, -0.05) is 24.3 Å². The predicted octanol–water partition coefficient (Wildman–Crippen LogP) is 3.50. The lowest BCUT2D eigenvalue weighted by Gasteiger charge is -2.14. The molecule has 0 saturated carbocycles. The quantitative estimate of drug-likeness (QED) is 0.725. The van der Waals surface area contributed by atoms with Gasteiger partial charge in [-0.15, -0.1) is 0 Å². The van der Waals surface area contributed by atoms with Crippen LogP contribution in [0.25, 0.3) is 10.9 Å². The third kappa shape index (κ3) is 4.39. The monoisotopic (exact) mass is 367 g/mol. The van der Waals surface area contributed by atoms with E-state index in [0.29, 0.717) is 30.3 Å². The summed E-state index contributed by atoms with van der Waals surface area (Å²) in [6.45, 7) is 4.20. The van der Waals surface area contributed by atoms with Crippen LogP contribution in [0.2, 0.25) is 0 Å². The van der Waals surface area contributed by atoms with Gasteiger partial charge in [0.1, 0.15) is 5.82 Å². The van der Waals surface area contributed by atoms with Crippen LogP contribution in [-0.4, -0.2) is 15.5 Å². The number of hydrogen-bond donors (Lipinski definition) is 1. The van der Waals surface area contributed by atoms with Crippen LogP contribution >= 0.6 is 0 Å². The molecule has 3 rings (SSSR count). The number of amides is 1. The summed E-state index contributed by atoms with van der Waals surface area (Å²) in [7, 11) is 0. The van der Waals surface area contributed by atoms with Crippen molar-refractivity contribution in [1.29, 1.82) is 0 Å². The molecule has 1 N–H and O–H groups in total. The second-order valence-electron chi connectivity index (χ2n) is 6.66. The number of rotatable bonds is 6. The Balaban J connectivity index is 1.57. The fourth-order valence-corrected chi connectivity index (χ4v) is 3.06. The Hall–Kier alpha value is -3.02. The van der Waals surface area contributed by atoms with Crippen LogP contribution in [0.15, 0.2) is 53.6 Å². The highest BCUT2D eigenvalue weighted by Crippen LogP contribution is 2.14. The van der Waals surface area contributed by atoms with Crippen molar-refractivity contribution >= 4 is 16.8 Å². The lowest BCUT2D eigenvalue weighted by Crippen LogP contribution is -2.27. The molecular formula is C21H22FN3O2. The SMILES string of the molecule is Cc1cccc2c(=O)n(CCCC(=O)N[C@H](C)c3ccc(F)cc3)cnc12. The van der Waals surface area contributed by atoms with E-state index in [2.05, 4.69) is 10.3 Å². The van der Waals surface area contributed by atoms with E-state index in [1.807, 2.05) is 26.0 Å². The zero-order valence-corrected chi connectivity index (χ0v) is 15.4. The Morgan fingerprint density at radius 2 is 1.96 bits per heavy atom. The van der Waals surface area contributed by atoms with Gasteiger partial charge in [-0.05, 0) is 49.6 Å². The first-order valence-corrected chi connectivity index (χ1v) is 8.95. The zero-order chi connectivity index (χ0) is 19.4. The van der Waals surface area contributed by atoms with Gasteiger partial charge in [0, 0.05) is 13.0 Å². The van der Waals surface area contributed by atoms with Crippen molar-refractivity contribution in [3.63, 3.8) is 0 Å². The van der Waals surface area contributed by atoms with Crippen molar-refractivity contribution in [2.45, 2.75) is 39.3 Å². The van der Waals surface area contributed by atoms with Gasteiger partial charge in [-0.3, -0.25) is 14.2 Å². The van der Waals surface area contributed by atoms with Gasteiger partial charge in [-0.25, -0.2) is 9.37 Å². The number of halogens is 1. The van der Waals surface area contributed by atoms with Gasteiger partial charge in [0.05, 0.1) is 23.3 Å². The molecule has 0 aliphatic carbocycles. The summed E-state index contributed by atoms with van der Waals surface area (Å²) in [5.41, 5.74) is 2.43. The highest BCUT2D eigenvalue weighted by atomic mass is 19.1. The molecule has 1 heterocycles. The van der Waals surface area contributed by atoms with Crippen molar-refractivity contribution in [3.05, 3.63) is 76.1 Å². The summed E-state index contributed by atoms with van der Waals surface area (Å²) in [4.78, 5) is 29.0. The Morgan fingerprint density at radius 1 is 1.22 bits per heavy atom. The molecule has 1 amide bonds. The summed E-state index contributed by atoms with van der Waals surface area (Å²) in [5.74, 6) is -0.411. The van der Waals surface area contributed by atoms with Gasteiger partial charge < -0.3 is 5.32 Å². The van der Waals surface area contributed by atoms with E-state index in [9.17, 15) is 14.0 Å². The molecule has 5 nitrogen and oxygen atoms in total. The largest absolute Gasteiger partial charge is 0.350 e. The van der Waals surface area contributed by atoms with Crippen molar-refractivity contribution in [1.82, 2.24) is 14.9 Å². The number of aromatic nitrogens is 2. The maximum Gasteiger partial charge on any atom is 0.261 e. The maximum atomic E-state index is 13.0. The number of carbonyl (C=O) groups is 1. The van der Waals surface area contributed by atoms with Crippen LogP contribution in [-0.2, 0) is 11.3 Å². The van der Waals surface area contributed by atoms with Crippen LogP contribution in [0.5, 0.6) is 0 Å². The van der Waals surface area contributed by atoms with Crippen LogP contribution in [0, 0.1) is 12.7 Å². The number of carbonyl (C=O) groups excluding carboxylic acids is 1. The minimum absolute atomic E-state index is 0.0937. The second-order valence-corrected chi connectivity index (χ2v) is 6.66. The van der Waals surface area contributed by atoms with E-state index in [-0.39, 0.29) is 23.3 Å². The summed E-state index contributed by atoms with van der Waals surface area (Å²) < 4.78 is 14.5. The molecular weight excluding hydrogens is 345 g/mol. The number of nitrogens with zero attached hydrogens (tertiary/aromatic N) is 2. The lowest BCUT2D eigenvalue weighted by atomic mass is 10.1. The van der Waals surface area contributed by atoms with Gasteiger partial charge >= 0.3 is 0 Å². The molecule has 0 bridgehead atoms. The van der Waals surface area contributed by atoms with Crippen LogP contribution in [0.4, 0.5) is 4.39 Å². The van der Waals surface area contributed by atoms with Crippen molar-refractivity contribution < 1.29 is 9.18 Å². The average Bonchev–Trinajstić information content (AvgIpc) is 2.64. The molecule has 0 radical (unpaired) electrons. The number of aryl methyl sites for hydroxylation is 2. The standard InChI is InChI=1S/C21H22FN3O2/c1-14-5-3-6-18-20(14)23-13-25(21(18)27)12-4-7-19(26)24-15(2)16-8-10-17(22)11-9-16/h3,5-6,8-11,13,15H,4,7,12H2,1-2H3,(H,24,26)/t15-/m1/s1. The van der Waals surface area contributed by atoms with E-state index in [4.69, 9.17) is 0 Å². The van der Waals surface area contributed by atoms with E-state index in [1.54, 1.807) is 22.8 Å². The highest BCUT2D eigenvalue weighted by Gasteiger charge is 2.10. The number of benzene rings is 2. The molecule has 0 fully saturated rings. The van der Waals surface area contributed by atoms with Crippen molar-refractivity contribution in [2.24, 2.45) is 0 Å². The van der Waals surface area contributed by atoms with E-state index in [0.717, 1.165) is 11.1 Å². The summed E-state index contributed by atoms with van der Waals surface area (Å²) in [5, 5.41) is 3.48. The van der Waals surface area contributed by atoms with E-state index >= 15 is 0 Å². The van der Waals surface area contributed by atoms with Crippen LogP contribution < -0.4 is 10.9 Å². The molecule has 1 atom stereocenters. The minimum Gasteiger partial charge on any atom is -0.350 e. The first-order valence-electron chi connectivity index (χ1n) is 8.95. The summed E-state index contributed by atoms with van der Waals surface area (Å²) >= 11 is 0. The number of nitrogens with one attached hydrogen (secondary N) is 1. The Kier molecular flexibility index (Phi) is 5.64. The first-order chi connectivity index (χ1) is 13.0. The minimum atomic E-state index is -0.304. The normalized spacial score (nSPS) is 12.1.